The Bertz CT molecular complexity index is 469. The van der Waals surface area contributed by atoms with Gasteiger partial charge in [-0.2, -0.15) is 0 Å². The quantitative estimate of drug-likeness (QED) is 0.808. The molecule has 1 aliphatic rings. The molecule has 88 valence electrons. The molecule has 0 aliphatic carbocycles. The molecular weight excluding hydrogens is 229 g/mol. The Kier molecular flexibility index (Phi) is 2.99. The highest BCUT2D eigenvalue weighted by molar-refractivity contribution is 7.92. The van der Waals surface area contributed by atoms with Gasteiger partial charge >= 0.3 is 0 Å². The zero-order chi connectivity index (χ0) is 11.8. The monoisotopic (exact) mass is 243 g/mol. The standard InChI is InChI=1S/C11H14FNO2S/c1-8-11(13-6-7-16(8,14)15)9-2-4-10(12)5-3-9/h2-5,8,11,13H,6-7H2,1H3. The molecule has 2 rings (SSSR count). The van der Waals surface area contributed by atoms with E-state index in [-0.39, 0.29) is 17.6 Å². The van der Waals surface area contributed by atoms with Crippen LogP contribution in [-0.4, -0.2) is 26.0 Å². The van der Waals surface area contributed by atoms with E-state index in [1.165, 1.54) is 12.1 Å². The molecule has 0 amide bonds. The van der Waals surface area contributed by atoms with Gasteiger partial charge in [-0.05, 0) is 24.6 Å². The average molecular weight is 243 g/mol. The SMILES string of the molecule is CC1C(c2ccc(F)cc2)NCCS1(=O)=O. The van der Waals surface area contributed by atoms with Crippen molar-refractivity contribution in [2.75, 3.05) is 12.3 Å². The van der Waals surface area contributed by atoms with Gasteiger partial charge in [-0.15, -0.1) is 0 Å². The second kappa shape index (κ2) is 4.14. The number of benzene rings is 1. The Balaban J connectivity index is 2.30. The number of rotatable bonds is 1. The molecular formula is C11H14FNO2S. The third-order valence-electron chi connectivity index (χ3n) is 3.02. The second-order valence-electron chi connectivity index (χ2n) is 4.06. The van der Waals surface area contributed by atoms with E-state index in [1.807, 2.05) is 0 Å². The lowest BCUT2D eigenvalue weighted by atomic mass is 10.0. The van der Waals surface area contributed by atoms with Crippen LogP contribution in [-0.2, 0) is 9.84 Å². The van der Waals surface area contributed by atoms with Gasteiger partial charge in [0.05, 0.1) is 11.0 Å². The summed E-state index contributed by atoms with van der Waals surface area (Å²) >= 11 is 0. The summed E-state index contributed by atoms with van der Waals surface area (Å²) in [6.07, 6.45) is 0. The van der Waals surface area contributed by atoms with Gasteiger partial charge in [-0.25, -0.2) is 12.8 Å². The summed E-state index contributed by atoms with van der Waals surface area (Å²) in [5, 5.41) is 2.69. The van der Waals surface area contributed by atoms with Gasteiger partial charge in [0.2, 0.25) is 0 Å². The third kappa shape index (κ3) is 2.10. The normalized spacial score (nSPS) is 28.9. The molecule has 1 fully saturated rings. The molecule has 3 nitrogen and oxygen atoms in total. The van der Waals surface area contributed by atoms with Gasteiger partial charge in [0.25, 0.3) is 0 Å². The van der Waals surface area contributed by atoms with Crippen molar-refractivity contribution >= 4 is 9.84 Å². The third-order valence-corrected chi connectivity index (χ3v) is 5.19. The van der Waals surface area contributed by atoms with Crippen LogP contribution in [0.2, 0.25) is 0 Å². The highest BCUT2D eigenvalue weighted by Gasteiger charge is 2.33. The summed E-state index contributed by atoms with van der Waals surface area (Å²) in [5.74, 6) is -0.138. The average Bonchev–Trinajstić information content (AvgIpc) is 2.24. The minimum atomic E-state index is -3.03. The molecule has 2 atom stereocenters. The Hall–Kier alpha value is -0.940. The molecule has 2 unspecified atom stereocenters. The first kappa shape index (κ1) is 11.5. The fourth-order valence-electron chi connectivity index (χ4n) is 1.97. The Morgan fingerprint density at radius 3 is 2.56 bits per heavy atom. The highest BCUT2D eigenvalue weighted by Crippen LogP contribution is 2.25. The predicted octanol–water partition coefficient (Wildman–Crippen LogP) is 1.27. The van der Waals surface area contributed by atoms with E-state index < -0.39 is 15.1 Å². The Labute approximate surface area is 94.6 Å². The first-order valence-corrected chi connectivity index (χ1v) is 6.93. The van der Waals surface area contributed by atoms with Crippen LogP contribution in [0, 0.1) is 5.82 Å². The maximum Gasteiger partial charge on any atom is 0.156 e. The molecule has 0 saturated carbocycles. The maximum absolute atomic E-state index is 12.8. The minimum Gasteiger partial charge on any atom is -0.308 e. The molecule has 5 heteroatoms. The van der Waals surface area contributed by atoms with Crippen molar-refractivity contribution in [2.24, 2.45) is 0 Å². The van der Waals surface area contributed by atoms with E-state index >= 15 is 0 Å². The minimum absolute atomic E-state index is 0.172. The molecule has 1 aliphatic heterocycles. The predicted molar refractivity (Wildman–Crippen MR) is 60.4 cm³/mol. The molecule has 0 spiro atoms. The van der Waals surface area contributed by atoms with Gasteiger partial charge in [0, 0.05) is 12.6 Å². The molecule has 0 bridgehead atoms. The van der Waals surface area contributed by atoms with Crippen molar-refractivity contribution in [3.63, 3.8) is 0 Å². The summed E-state index contributed by atoms with van der Waals surface area (Å²) in [5.41, 5.74) is 0.817. The summed E-state index contributed by atoms with van der Waals surface area (Å²) in [6.45, 7) is 2.14. The number of hydrogen-bond acceptors (Lipinski definition) is 3. The van der Waals surface area contributed by atoms with Crippen molar-refractivity contribution in [3.8, 4) is 0 Å². The number of halogens is 1. The van der Waals surface area contributed by atoms with E-state index in [9.17, 15) is 12.8 Å². The number of sulfone groups is 1. The molecule has 1 N–H and O–H groups in total. The Morgan fingerprint density at radius 1 is 1.31 bits per heavy atom. The van der Waals surface area contributed by atoms with E-state index in [0.29, 0.717) is 6.54 Å². The molecule has 1 aromatic rings. The lowest BCUT2D eigenvalue weighted by Crippen LogP contribution is -2.45. The van der Waals surface area contributed by atoms with E-state index in [2.05, 4.69) is 5.32 Å². The summed E-state index contributed by atoms with van der Waals surface area (Å²) in [7, 11) is -3.03. The largest absolute Gasteiger partial charge is 0.308 e. The molecule has 1 heterocycles. The first-order chi connectivity index (χ1) is 7.50. The number of hydrogen-bond donors (Lipinski definition) is 1. The highest BCUT2D eigenvalue weighted by atomic mass is 32.2. The molecule has 1 aromatic carbocycles. The van der Waals surface area contributed by atoms with Crippen molar-refractivity contribution < 1.29 is 12.8 Å². The van der Waals surface area contributed by atoms with E-state index in [0.717, 1.165) is 5.56 Å². The van der Waals surface area contributed by atoms with Crippen LogP contribution in [0.1, 0.15) is 18.5 Å². The fraction of sp³-hybridized carbons (Fsp3) is 0.455. The van der Waals surface area contributed by atoms with E-state index in [1.54, 1.807) is 19.1 Å². The number of nitrogens with one attached hydrogen (secondary N) is 1. The van der Waals surface area contributed by atoms with E-state index in [4.69, 9.17) is 0 Å². The van der Waals surface area contributed by atoms with Crippen molar-refractivity contribution in [1.82, 2.24) is 5.32 Å². The zero-order valence-electron chi connectivity index (χ0n) is 8.98. The molecule has 1 saturated heterocycles. The maximum atomic E-state index is 12.8. The molecule has 0 aromatic heterocycles. The van der Waals surface area contributed by atoms with Crippen LogP contribution < -0.4 is 5.32 Å². The van der Waals surface area contributed by atoms with Crippen molar-refractivity contribution in [1.29, 1.82) is 0 Å². The van der Waals surface area contributed by atoms with Crippen LogP contribution in [0.5, 0.6) is 0 Å². The topological polar surface area (TPSA) is 46.2 Å². The fourth-order valence-corrected chi connectivity index (χ4v) is 3.42. The summed E-state index contributed by atoms with van der Waals surface area (Å²) in [4.78, 5) is 0. The van der Waals surface area contributed by atoms with Crippen LogP contribution in [0.15, 0.2) is 24.3 Å². The smallest absolute Gasteiger partial charge is 0.156 e. The van der Waals surface area contributed by atoms with Gasteiger partial charge in [0.1, 0.15) is 5.82 Å². The summed E-state index contributed by atoms with van der Waals surface area (Å²) in [6, 6.07) is 5.73. The van der Waals surface area contributed by atoms with Gasteiger partial charge in [-0.1, -0.05) is 12.1 Å². The zero-order valence-corrected chi connectivity index (χ0v) is 9.80. The Morgan fingerprint density at radius 2 is 1.94 bits per heavy atom. The molecule has 16 heavy (non-hydrogen) atoms. The van der Waals surface area contributed by atoms with Crippen LogP contribution in [0.3, 0.4) is 0 Å². The van der Waals surface area contributed by atoms with Gasteiger partial charge in [0.15, 0.2) is 9.84 Å². The van der Waals surface area contributed by atoms with Crippen LogP contribution in [0.4, 0.5) is 4.39 Å². The second-order valence-corrected chi connectivity index (χ2v) is 6.53. The van der Waals surface area contributed by atoms with Crippen molar-refractivity contribution in [2.45, 2.75) is 18.2 Å². The lowest BCUT2D eigenvalue weighted by Gasteiger charge is -2.30. The van der Waals surface area contributed by atoms with Crippen molar-refractivity contribution in [3.05, 3.63) is 35.6 Å². The van der Waals surface area contributed by atoms with Gasteiger partial charge < -0.3 is 5.32 Å². The van der Waals surface area contributed by atoms with Gasteiger partial charge in [-0.3, -0.25) is 0 Å². The van der Waals surface area contributed by atoms with Crippen LogP contribution >= 0.6 is 0 Å². The first-order valence-electron chi connectivity index (χ1n) is 5.21. The lowest BCUT2D eigenvalue weighted by molar-refractivity contribution is 0.482. The van der Waals surface area contributed by atoms with Crippen LogP contribution in [0.25, 0.3) is 0 Å². The summed E-state index contributed by atoms with van der Waals surface area (Å²) < 4.78 is 36.2. The molecule has 0 radical (unpaired) electrons.